The van der Waals surface area contributed by atoms with Gasteiger partial charge in [0.2, 0.25) is 12.7 Å². The molecular weight excluding hydrogens is 424 g/mol. The van der Waals surface area contributed by atoms with E-state index in [1.165, 1.54) is 5.56 Å². The number of ether oxygens (including phenoxy) is 3. The van der Waals surface area contributed by atoms with E-state index in [1.54, 1.807) is 11.3 Å². The molecule has 32 heavy (non-hydrogen) atoms. The summed E-state index contributed by atoms with van der Waals surface area (Å²) in [7, 11) is 0. The van der Waals surface area contributed by atoms with Crippen molar-refractivity contribution in [2.45, 2.75) is 6.54 Å². The molecule has 1 saturated heterocycles. The van der Waals surface area contributed by atoms with Gasteiger partial charge in [0.1, 0.15) is 0 Å². The normalized spacial score (nSPS) is 15.9. The smallest absolute Gasteiger partial charge is 0.231 e. The minimum absolute atomic E-state index is 0.255. The van der Waals surface area contributed by atoms with Crippen LogP contribution in [0.1, 0.15) is 5.56 Å². The average molecular weight is 447 g/mol. The number of hydrogen-bond acceptors (Lipinski definition) is 8. The molecule has 0 saturated carbocycles. The standard InChI is InChI=1S/C24H22N4O3S/c1-4-18(5-2-16(1)14-28-8-10-29-11-9-28)25-24-26-19-7-12-32-23(19)22(27-24)17-3-6-20-21(13-17)31-15-30-20/h1-7,12-13H,8-11,14-15H2,(H,25,26,27). The van der Waals surface area contributed by atoms with Crippen LogP contribution in [0.25, 0.3) is 21.5 Å². The molecule has 2 aliphatic rings. The van der Waals surface area contributed by atoms with Crippen LogP contribution in [0.2, 0.25) is 0 Å². The summed E-state index contributed by atoms with van der Waals surface area (Å²) in [6, 6.07) is 16.4. The van der Waals surface area contributed by atoms with Crippen molar-refractivity contribution in [3.05, 3.63) is 59.5 Å². The van der Waals surface area contributed by atoms with E-state index in [0.717, 1.165) is 71.5 Å². The van der Waals surface area contributed by atoms with Gasteiger partial charge < -0.3 is 19.5 Å². The van der Waals surface area contributed by atoms with Gasteiger partial charge in [-0.2, -0.15) is 0 Å². The minimum Gasteiger partial charge on any atom is -0.454 e. The topological polar surface area (TPSA) is 68.7 Å². The zero-order valence-corrected chi connectivity index (χ0v) is 18.2. The number of anilines is 2. The highest BCUT2D eigenvalue weighted by molar-refractivity contribution is 7.17. The van der Waals surface area contributed by atoms with Crippen LogP contribution >= 0.6 is 11.3 Å². The molecule has 4 heterocycles. The van der Waals surface area contributed by atoms with E-state index in [2.05, 4.69) is 34.5 Å². The Hall–Kier alpha value is -3.20. The lowest BCUT2D eigenvalue weighted by Crippen LogP contribution is -2.35. The number of fused-ring (bicyclic) bond motifs is 2. The predicted octanol–water partition coefficient (Wildman–Crippen LogP) is 4.66. The summed E-state index contributed by atoms with van der Waals surface area (Å²) in [6.45, 7) is 4.79. The van der Waals surface area contributed by atoms with Gasteiger partial charge in [0.15, 0.2) is 11.5 Å². The molecule has 7 nitrogen and oxygen atoms in total. The summed E-state index contributed by atoms with van der Waals surface area (Å²) in [5, 5.41) is 5.41. The first kappa shape index (κ1) is 19.5. The highest BCUT2D eigenvalue weighted by atomic mass is 32.1. The summed E-state index contributed by atoms with van der Waals surface area (Å²) in [4.78, 5) is 12.0. The Bertz CT molecular complexity index is 1250. The van der Waals surface area contributed by atoms with Gasteiger partial charge in [-0.3, -0.25) is 4.90 Å². The van der Waals surface area contributed by atoms with Gasteiger partial charge in [-0.05, 0) is 47.3 Å². The molecule has 8 heteroatoms. The number of benzene rings is 2. The Balaban J connectivity index is 1.26. The van der Waals surface area contributed by atoms with Gasteiger partial charge in [0.25, 0.3) is 0 Å². The lowest BCUT2D eigenvalue weighted by molar-refractivity contribution is 0.0342. The lowest BCUT2D eigenvalue weighted by atomic mass is 10.1. The molecule has 0 amide bonds. The van der Waals surface area contributed by atoms with Crippen molar-refractivity contribution in [3.8, 4) is 22.8 Å². The Morgan fingerprint density at radius 2 is 1.78 bits per heavy atom. The molecule has 162 valence electrons. The van der Waals surface area contributed by atoms with Crippen molar-refractivity contribution in [2.75, 3.05) is 38.4 Å². The Labute approximate surface area is 189 Å². The fourth-order valence-electron chi connectivity index (χ4n) is 4.00. The van der Waals surface area contributed by atoms with E-state index in [0.29, 0.717) is 5.95 Å². The fraction of sp³-hybridized carbons (Fsp3) is 0.250. The van der Waals surface area contributed by atoms with E-state index in [4.69, 9.17) is 24.2 Å². The van der Waals surface area contributed by atoms with Crippen molar-refractivity contribution in [1.29, 1.82) is 0 Å². The third kappa shape index (κ3) is 3.88. The number of hydrogen-bond donors (Lipinski definition) is 1. The number of aromatic nitrogens is 2. The quantitative estimate of drug-likeness (QED) is 0.478. The SMILES string of the molecule is c1cc2nc(Nc3ccc(CN4CCOCC4)cc3)nc(-c3ccc4c(c3)OCO4)c2s1. The molecule has 4 aromatic rings. The number of morpholine rings is 1. The first-order chi connectivity index (χ1) is 15.8. The molecule has 0 unspecified atom stereocenters. The maximum atomic E-state index is 5.56. The van der Waals surface area contributed by atoms with Gasteiger partial charge in [-0.1, -0.05) is 12.1 Å². The molecule has 2 aliphatic heterocycles. The van der Waals surface area contributed by atoms with Gasteiger partial charge in [-0.25, -0.2) is 9.97 Å². The molecule has 0 spiro atoms. The van der Waals surface area contributed by atoms with E-state index in [-0.39, 0.29) is 6.79 Å². The molecule has 0 atom stereocenters. The maximum Gasteiger partial charge on any atom is 0.231 e. The number of nitrogens with one attached hydrogen (secondary N) is 1. The number of rotatable bonds is 5. The molecule has 1 fully saturated rings. The predicted molar refractivity (Wildman–Crippen MR) is 125 cm³/mol. The van der Waals surface area contributed by atoms with Gasteiger partial charge in [-0.15, -0.1) is 11.3 Å². The number of nitrogens with zero attached hydrogens (tertiary/aromatic N) is 3. The minimum atomic E-state index is 0.255. The van der Waals surface area contributed by atoms with Crippen LogP contribution in [0.4, 0.5) is 11.6 Å². The Morgan fingerprint density at radius 1 is 0.938 bits per heavy atom. The van der Waals surface area contributed by atoms with Crippen molar-refractivity contribution < 1.29 is 14.2 Å². The van der Waals surface area contributed by atoms with Crippen LogP contribution < -0.4 is 14.8 Å². The first-order valence-corrected chi connectivity index (χ1v) is 11.5. The largest absolute Gasteiger partial charge is 0.454 e. The maximum absolute atomic E-state index is 5.56. The highest BCUT2D eigenvalue weighted by Gasteiger charge is 2.17. The second kappa shape index (κ2) is 8.38. The Morgan fingerprint density at radius 3 is 2.66 bits per heavy atom. The van der Waals surface area contributed by atoms with Crippen molar-refractivity contribution in [3.63, 3.8) is 0 Å². The molecule has 6 rings (SSSR count). The van der Waals surface area contributed by atoms with E-state index < -0.39 is 0 Å². The fourth-order valence-corrected chi connectivity index (χ4v) is 4.84. The van der Waals surface area contributed by atoms with Gasteiger partial charge >= 0.3 is 0 Å². The Kier molecular flexibility index (Phi) is 5.10. The van der Waals surface area contributed by atoms with E-state index >= 15 is 0 Å². The second-order valence-corrected chi connectivity index (χ2v) is 8.73. The summed E-state index contributed by atoms with van der Waals surface area (Å²) in [5.41, 5.74) is 5.03. The van der Waals surface area contributed by atoms with E-state index in [1.807, 2.05) is 29.6 Å². The van der Waals surface area contributed by atoms with Crippen molar-refractivity contribution in [2.24, 2.45) is 0 Å². The van der Waals surface area contributed by atoms with Crippen LogP contribution in [0, 0.1) is 0 Å². The molecular formula is C24H22N4O3S. The van der Waals surface area contributed by atoms with Crippen LogP contribution in [0.15, 0.2) is 53.9 Å². The third-order valence-corrected chi connectivity index (χ3v) is 6.58. The summed E-state index contributed by atoms with van der Waals surface area (Å²) < 4.78 is 17.5. The molecule has 1 N–H and O–H groups in total. The molecule has 0 aliphatic carbocycles. The molecule has 0 bridgehead atoms. The highest BCUT2D eigenvalue weighted by Crippen LogP contribution is 2.38. The van der Waals surface area contributed by atoms with E-state index in [9.17, 15) is 0 Å². The number of thiophene rings is 1. The van der Waals surface area contributed by atoms with Crippen LogP contribution in [0.5, 0.6) is 11.5 Å². The van der Waals surface area contributed by atoms with Crippen molar-refractivity contribution in [1.82, 2.24) is 14.9 Å². The lowest BCUT2D eigenvalue weighted by Gasteiger charge is -2.26. The van der Waals surface area contributed by atoms with Crippen LogP contribution in [-0.4, -0.2) is 48.0 Å². The molecule has 2 aromatic heterocycles. The van der Waals surface area contributed by atoms with Gasteiger partial charge in [0, 0.05) is 30.9 Å². The molecule has 0 radical (unpaired) electrons. The third-order valence-electron chi connectivity index (χ3n) is 5.67. The summed E-state index contributed by atoms with van der Waals surface area (Å²) >= 11 is 1.64. The summed E-state index contributed by atoms with van der Waals surface area (Å²) in [5.74, 6) is 2.08. The second-order valence-electron chi connectivity index (χ2n) is 7.81. The zero-order valence-electron chi connectivity index (χ0n) is 17.4. The van der Waals surface area contributed by atoms with Gasteiger partial charge in [0.05, 0.1) is 29.1 Å². The van der Waals surface area contributed by atoms with Crippen LogP contribution in [-0.2, 0) is 11.3 Å². The average Bonchev–Trinajstić information content (AvgIpc) is 3.49. The molecule has 2 aromatic carbocycles. The van der Waals surface area contributed by atoms with Crippen molar-refractivity contribution >= 4 is 33.2 Å². The first-order valence-electron chi connectivity index (χ1n) is 10.6. The summed E-state index contributed by atoms with van der Waals surface area (Å²) in [6.07, 6.45) is 0. The van der Waals surface area contributed by atoms with Crippen LogP contribution in [0.3, 0.4) is 0 Å². The monoisotopic (exact) mass is 446 g/mol. The zero-order chi connectivity index (χ0) is 21.3.